The zero-order valence-corrected chi connectivity index (χ0v) is 15.3. The topological polar surface area (TPSA) is 0 Å². The first kappa shape index (κ1) is 17.3. The highest BCUT2D eigenvalue weighted by Crippen LogP contribution is 2.41. The maximum Gasteiger partial charge on any atom is 0.417 e. The lowest BCUT2D eigenvalue weighted by Crippen LogP contribution is -2.19. The molecule has 0 amide bonds. The number of halogens is 4. The van der Waals surface area contributed by atoms with Crippen molar-refractivity contribution in [2.75, 3.05) is 0 Å². The molecule has 0 bridgehead atoms. The quantitative estimate of drug-likeness (QED) is 0.437. The lowest BCUT2D eigenvalue weighted by Gasteiger charge is -2.32. The first-order chi connectivity index (χ1) is 10.9. The van der Waals surface area contributed by atoms with Crippen LogP contribution in [0.25, 0.3) is 5.57 Å². The molecule has 1 aromatic rings. The third kappa shape index (κ3) is 4.12. The highest BCUT2D eigenvalue weighted by molar-refractivity contribution is 14.1. The van der Waals surface area contributed by atoms with Crippen molar-refractivity contribution in [3.8, 4) is 0 Å². The fourth-order valence-electron chi connectivity index (χ4n) is 4.10. The molecular formula is C19H22F3I. The molecule has 0 aliphatic heterocycles. The molecule has 2 aliphatic carbocycles. The Bertz CT molecular complexity index is 583. The molecular weight excluding hydrogens is 412 g/mol. The van der Waals surface area contributed by atoms with Gasteiger partial charge in [0.1, 0.15) is 0 Å². The first-order valence-electron chi connectivity index (χ1n) is 8.51. The van der Waals surface area contributed by atoms with Crippen LogP contribution >= 0.6 is 22.6 Å². The summed E-state index contributed by atoms with van der Waals surface area (Å²) in [4.78, 5) is 0. The average Bonchev–Trinajstić information content (AvgIpc) is 2.54. The molecule has 0 nitrogen and oxygen atoms in total. The van der Waals surface area contributed by atoms with Gasteiger partial charge in [0.15, 0.2) is 0 Å². The highest BCUT2D eigenvalue weighted by atomic mass is 127. The van der Waals surface area contributed by atoms with Crippen molar-refractivity contribution >= 4 is 28.2 Å². The zero-order chi connectivity index (χ0) is 16.4. The third-order valence-electron chi connectivity index (χ3n) is 5.41. The number of allylic oxidation sites excluding steroid dienone is 2. The van der Waals surface area contributed by atoms with E-state index in [1.165, 1.54) is 50.2 Å². The van der Waals surface area contributed by atoms with Crippen molar-refractivity contribution in [2.45, 2.75) is 57.5 Å². The summed E-state index contributed by atoms with van der Waals surface area (Å²) in [6.07, 6.45) is 8.16. The summed E-state index contributed by atoms with van der Waals surface area (Å²) in [5.74, 6) is 1.65. The van der Waals surface area contributed by atoms with Crippen molar-refractivity contribution in [1.29, 1.82) is 0 Å². The van der Waals surface area contributed by atoms with Gasteiger partial charge < -0.3 is 0 Å². The standard InChI is InChI=1S/C19H22F3I/c20-19(21,22)17-11-10-16(12-18(17)23)15-8-6-14(7-9-15)13-4-2-1-3-5-13/h8,10-14H,1-7,9H2. The van der Waals surface area contributed by atoms with E-state index in [2.05, 4.69) is 6.08 Å². The van der Waals surface area contributed by atoms with E-state index in [1.807, 2.05) is 0 Å². The minimum absolute atomic E-state index is 0.294. The Morgan fingerprint density at radius 1 is 0.957 bits per heavy atom. The Balaban J connectivity index is 1.71. The van der Waals surface area contributed by atoms with E-state index >= 15 is 0 Å². The molecule has 2 aliphatic rings. The largest absolute Gasteiger partial charge is 0.417 e. The normalized spacial score (nSPS) is 23.7. The van der Waals surface area contributed by atoms with Crippen molar-refractivity contribution < 1.29 is 13.2 Å². The molecule has 0 radical (unpaired) electrons. The van der Waals surface area contributed by atoms with Crippen LogP contribution in [-0.2, 0) is 6.18 Å². The van der Waals surface area contributed by atoms with Gasteiger partial charge in [-0.1, -0.05) is 44.2 Å². The highest BCUT2D eigenvalue weighted by Gasteiger charge is 2.33. The van der Waals surface area contributed by atoms with E-state index < -0.39 is 11.7 Å². The molecule has 126 valence electrons. The average molecular weight is 434 g/mol. The first-order valence-corrected chi connectivity index (χ1v) is 9.59. The molecule has 0 heterocycles. The van der Waals surface area contributed by atoms with Crippen LogP contribution in [0.15, 0.2) is 24.3 Å². The molecule has 1 aromatic carbocycles. The van der Waals surface area contributed by atoms with Gasteiger partial charge in [-0.3, -0.25) is 0 Å². The number of alkyl halides is 3. The second-order valence-electron chi connectivity index (χ2n) is 6.85. The van der Waals surface area contributed by atoms with Crippen LogP contribution in [0.4, 0.5) is 13.2 Å². The van der Waals surface area contributed by atoms with Gasteiger partial charge in [0.05, 0.1) is 5.56 Å². The summed E-state index contributed by atoms with van der Waals surface area (Å²) >= 11 is 1.80. The molecule has 1 saturated carbocycles. The van der Waals surface area contributed by atoms with Crippen LogP contribution < -0.4 is 0 Å². The molecule has 0 spiro atoms. The van der Waals surface area contributed by atoms with Gasteiger partial charge in [0.25, 0.3) is 0 Å². The summed E-state index contributed by atoms with van der Waals surface area (Å²) in [5.41, 5.74) is 1.66. The van der Waals surface area contributed by atoms with Crippen LogP contribution in [0.5, 0.6) is 0 Å². The molecule has 0 saturated heterocycles. The van der Waals surface area contributed by atoms with Crippen molar-refractivity contribution in [3.05, 3.63) is 39.0 Å². The van der Waals surface area contributed by atoms with Gasteiger partial charge in [-0.2, -0.15) is 13.2 Å². The predicted molar refractivity (Wildman–Crippen MR) is 96.1 cm³/mol. The fourth-order valence-corrected chi connectivity index (χ4v) is 4.92. The summed E-state index contributed by atoms with van der Waals surface area (Å²) in [5, 5.41) is 0. The van der Waals surface area contributed by atoms with E-state index in [4.69, 9.17) is 0 Å². The number of hydrogen-bond donors (Lipinski definition) is 0. The molecule has 0 N–H and O–H groups in total. The SMILES string of the molecule is FC(F)(F)c1ccc(C2=CCC(C3CCCCC3)CC2)cc1I. The third-order valence-corrected chi connectivity index (χ3v) is 6.31. The second kappa shape index (κ2) is 7.16. The zero-order valence-electron chi connectivity index (χ0n) is 13.1. The summed E-state index contributed by atoms with van der Waals surface area (Å²) in [6.45, 7) is 0. The van der Waals surface area contributed by atoms with E-state index in [9.17, 15) is 13.2 Å². The van der Waals surface area contributed by atoms with Crippen LogP contribution in [0.2, 0.25) is 0 Å². The Labute approximate surface area is 149 Å². The predicted octanol–water partition coefficient (Wildman–Crippen LogP) is 7.07. The Kier molecular flexibility index (Phi) is 5.39. The Morgan fingerprint density at radius 3 is 2.26 bits per heavy atom. The van der Waals surface area contributed by atoms with Gasteiger partial charge in [-0.15, -0.1) is 0 Å². The summed E-state index contributed by atoms with van der Waals surface area (Å²) in [7, 11) is 0. The minimum atomic E-state index is -4.26. The lowest BCUT2D eigenvalue weighted by atomic mass is 9.73. The van der Waals surface area contributed by atoms with E-state index in [0.29, 0.717) is 3.57 Å². The number of benzene rings is 1. The van der Waals surface area contributed by atoms with Gasteiger partial charge >= 0.3 is 6.18 Å². The van der Waals surface area contributed by atoms with Crippen molar-refractivity contribution in [1.82, 2.24) is 0 Å². The number of hydrogen-bond acceptors (Lipinski definition) is 0. The van der Waals surface area contributed by atoms with Crippen LogP contribution in [0.3, 0.4) is 0 Å². The van der Waals surface area contributed by atoms with Crippen LogP contribution in [0.1, 0.15) is 62.5 Å². The van der Waals surface area contributed by atoms with Crippen LogP contribution in [-0.4, -0.2) is 0 Å². The monoisotopic (exact) mass is 434 g/mol. The number of rotatable bonds is 2. The minimum Gasteiger partial charge on any atom is -0.166 e. The Hall–Kier alpha value is -0.520. The van der Waals surface area contributed by atoms with E-state index in [1.54, 1.807) is 34.7 Å². The van der Waals surface area contributed by atoms with Gasteiger partial charge in [0.2, 0.25) is 0 Å². The molecule has 1 atom stereocenters. The molecule has 1 unspecified atom stereocenters. The smallest absolute Gasteiger partial charge is 0.166 e. The molecule has 0 aromatic heterocycles. The van der Waals surface area contributed by atoms with E-state index in [-0.39, 0.29) is 0 Å². The Morgan fingerprint density at radius 2 is 1.70 bits per heavy atom. The second-order valence-corrected chi connectivity index (χ2v) is 8.02. The molecule has 1 fully saturated rings. The lowest BCUT2D eigenvalue weighted by molar-refractivity contribution is -0.138. The summed E-state index contributed by atoms with van der Waals surface area (Å²) < 4.78 is 38.9. The fraction of sp³-hybridized carbons (Fsp3) is 0.579. The van der Waals surface area contributed by atoms with Crippen LogP contribution in [0, 0.1) is 15.4 Å². The van der Waals surface area contributed by atoms with Gasteiger partial charge in [-0.05, 0) is 77.0 Å². The van der Waals surface area contributed by atoms with Crippen molar-refractivity contribution in [2.24, 2.45) is 11.8 Å². The van der Waals surface area contributed by atoms with Crippen molar-refractivity contribution in [3.63, 3.8) is 0 Å². The maximum absolute atomic E-state index is 12.9. The molecule has 3 rings (SSSR count). The molecule has 23 heavy (non-hydrogen) atoms. The van der Waals surface area contributed by atoms with Gasteiger partial charge in [0, 0.05) is 3.57 Å². The summed E-state index contributed by atoms with van der Waals surface area (Å²) in [6, 6.07) is 4.55. The van der Waals surface area contributed by atoms with Gasteiger partial charge in [-0.25, -0.2) is 0 Å². The van der Waals surface area contributed by atoms with E-state index in [0.717, 1.165) is 30.2 Å². The maximum atomic E-state index is 12.9. The molecule has 4 heteroatoms.